The second kappa shape index (κ2) is 6.91. The average Bonchev–Trinajstić information content (AvgIpc) is 2.04. The molecule has 5 heteroatoms. The molecule has 0 aliphatic heterocycles. The Balaban J connectivity index is 0.00000169. The molecule has 0 atom stereocenters. The number of hydroxylamine groups is 2. The number of hydrogen-bond donors (Lipinski definition) is 3. The summed E-state index contributed by atoms with van der Waals surface area (Å²) >= 11 is 0. The van der Waals surface area contributed by atoms with E-state index in [0.29, 0.717) is 11.8 Å². The molecular weight excluding hydrogens is 363 g/mol. The summed E-state index contributed by atoms with van der Waals surface area (Å²) in [5.74, 6) is 0. The maximum atomic E-state index is 9.15. The van der Waals surface area contributed by atoms with Gasteiger partial charge in [0.25, 0.3) is 0 Å². The van der Waals surface area contributed by atoms with Crippen LogP contribution in [-0.4, -0.2) is 27.7 Å². The van der Waals surface area contributed by atoms with E-state index in [1.807, 2.05) is 0 Å². The third kappa shape index (κ3) is 3.59. The molecule has 0 saturated heterocycles. The maximum absolute atomic E-state index is 9.15. The topological polar surface area (TPSA) is 69.7 Å². The molecule has 88 valence electrons. The van der Waals surface area contributed by atoms with E-state index in [9.17, 15) is 0 Å². The molecule has 0 heterocycles. The van der Waals surface area contributed by atoms with E-state index in [-0.39, 0.29) is 21.1 Å². The van der Waals surface area contributed by atoms with Gasteiger partial charge in [-0.05, 0) is 12.8 Å². The summed E-state index contributed by atoms with van der Waals surface area (Å²) in [6, 6.07) is 0. The van der Waals surface area contributed by atoms with Gasteiger partial charge in [0.2, 0.25) is 0 Å². The Morgan fingerprint density at radius 2 is 1.43 bits per heavy atom. The molecule has 0 radical (unpaired) electrons. The molecule has 1 aliphatic rings. The normalized spacial score (nSPS) is 22.3. The fourth-order valence-corrected chi connectivity index (χ4v) is 2.05. The Kier molecular flexibility index (Phi) is 7.17. The van der Waals surface area contributed by atoms with E-state index in [1.165, 1.54) is 19.3 Å². The summed E-state index contributed by atoms with van der Waals surface area (Å²) in [5, 5.41) is 18.7. The molecule has 0 unspecified atom stereocenters. The Bertz CT molecular complexity index is 148. The quantitative estimate of drug-likeness (QED) is 0.633. The smallest absolute Gasteiger partial charge is 0.0854 e. The van der Waals surface area contributed by atoms with Crippen LogP contribution in [0.5, 0.6) is 0 Å². The van der Waals surface area contributed by atoms with Crippen LogP contribution >= 0.6 is 0 Å². The van der Waals surface area contributed by atoms with Gasteiger partial charge in [0.1, 0.15) is 0 Å². The Labute approximate surface area is 99.6 Å². The minimum absolute atomic E-state index is 0. The largest absolute Gasteiger partial charge is 0.328 e. The van der Waals surface area contributed by atoms with E-state index in [2.05, 4.69) is 0 Å². The number of nitrogens with zero attached hydrogens (tertiary/aromatic N) is 1. The zero-order valence-electron chi connectivity index (χ0n) is 8.39. The van der Waals surface area contributed by atoms with Gasteiger partial charge < -0.3 is 5.73 Å². The molecule has 0 amide bonds. The summed E-state index contributed by atoms with van der Waals surface area (Å²) in [6.07, 6.45) is 7.26. The molecule has 1 fully saturated rings. The van der Waals surface area contributed by atoms with Crippen LogP contribution in [0.4, 0.5) is 0 Å². The Hall–Kier alpha value is 0.528. The van der Waals surface area contributed by atoms with Crippen LogP contribution < -0.4 is 5.73 Å². The van der Waals surface area contributed by atoms with E-state index in [0.717, 1.165) is 25.7 Å². The number of rotatable bonds is 2. The van der Waals surface area contributed by atoms with Crippen molar-refractivity contribution < 1.29 is 31.5 Å². The van der Waals surface area contributed by atoms with Crippen molar-refractivity contribution in [2.75, 3.05) is 6.54 Å². The van der Waals surface area contributed by atoms with Gasteiger partial charge >= 0.3 is 0 Å². The summed E-state index contributed by atoms with van der Waals surface area (Å²) < 4.78 is 0. The fourth-order valence-electron chi connectivity index (χ4n) is 2.05. The first-order chi connectivity index (χ1) is 6.21. The number of hydrogen-bond acceptors (Lipinski definition) is 4. The van der Waals surface area contributed by atoms with Crippen molar-refractivity contribution in [3.05, 3.63) is 0 Å². The van der Waals surface area contributed by atoms with E-state index in [1.54, 1.807) is 0 Å². The van der Waals surface area contributed by atoms with Gasteiger partial charge in [0, 0.05) is 27.6 Å². The van der Waals surface area contributed by atoms with Crippen LogP contribution in [0, 0.1) is 0 Å². The molecule has 0 aromatic heterocycles. The van der Waals surface area contributed by atoms with E-state index < -0.39 is 5.54 Å². The van der Waals surface area contributed by atoms with Crippen molar-refractivity contribution >= 4 is 0 Å². The molecule has 1 rings (SSSR count). The van der Waals surface area contributed by atoms with Crippen LogP contribution in [0.1, 0.15) is 44.9 Å². The summed E-state index contributed by atoms with van der Waals surface area (Å²) in [6.45, 7) is 0.319. The standard InChI is InChI=1S/C9H20N2O2.Pt/c10-8-9(11(12)13)6-4-2-1-3-5-7-9;/h12-13H,1-8,10H2;. The summed E-state index contributed by atoms with van der Waals surface area (Å²) in [5.41, 5.74) is 5.02. The van der Waals surface area contributed by atoms with Gasteiger partial charge in [-0.25, -0.2) is 0 Å². The summed E-state index contributed by atoms with van der Waals surface area (Å²) in [7, 11) is 0. The second-order valence-electron chi connectivity index (χ2n) is 3.99. The molecule has 1 saturated carbocycles. The maximum Gasteiger partial charge on any atom is 0.0854 e. The summed E-state index contributed by atoms with van der Waals surface area (Å²) in [4.78, 5) is 0. The molecule has 0 aromatic carbocycles. The van der Waals surface area contributed by atoms with Crippen molar-refractivity contribution in [2.45, 2.75) is 50.5 Å². The molecule has 1 aliphatic carbocycles. The predicted molar refractivity (Wildman–Crippen MR) is 49.5 cm³/mol. The first-order valence-electron chi connectivity index (χ1n) is 5.09. The van der Waals surface area contributed by atoms with Crippen LogP contribution in [0.15, 0.2) is 0 Å². The average molecular weight is 383 g/mol. The first kappa shape index (κ1) is 14.5. The van der Waals surface area contributed by atoms with Gasteiger partial charge in [-0.1, -0.05) is 37.3 Å². The van der Waals surface area contributed by atoms with Crippen LogP contribution in [-0.2, 0) is 21.1 Å². The molecule has 0 spiro atoms. The third-order valence-corrected chi connectivity index (χ3v) is 3.09. The second-order valence-corrected chi connectivity index (χ2v) is 3.99. The SMILES string of the molecule is NCC1(N(O)O)CCCCCCC1.[Pt]. The zero-order chi connectivity index (χ0) is 9.73. The van der Waals surface area contributed by atoms with Crippen molar-refractivity contribution in [3.63, 3.8) is 0 Å². The van der Waals surface area contributed by atoms with Crippen molar-refractivity contribution in [2.24, 2.45) is 5.73 Å². The van der Waals surface area contributed by atoms with Gasteiger partial charge in [0.05, 0.1) is 5.54 Å². The Morgan fingerprint density at radius 3 is 1.79 bits per heavy atom. The van der Waals surface area contributed by atoms with Crippen LogP contribution in [0.2, 0.25) is 0 Å². The Morgan fingerprint density at radius 1 is 1.00 bits per heavy atom. The van der Waals surface area contributed by atoms with Crippen molar-refractivity contribution in [3.8, 4) is 0 Å². The minimum Gasteiger partial charge on any atom is -0.328 e. The van der Waals surface area contributed by atoms with Gasteiger partial charge in [0.15, 0.2) is 0 Å². The van der Waals surface area contributed by atoms with Gasteiger partial charge in [-0.15, -0.1) is 0 Å². The third-order valence-electron chi connectivity index (χ3n) is 3.09. The van der Waals surface area contributed by atoms with Crippen LogP contribution in [0.25, 0.3) is 0 Å². The first-order valence-corrected chi connectivity index (χ1v) is 5.09. The van der Waals surface area contributed by atoms with E-state index >= 15 is 0 Å². The minimum atomic E-state index is -0.583. The van der Waals surface area contributed by atoms with Crippen LogP contribution in [0.3, 0.4) is 0 Å². The molecule has 0 bridgehead atoms. The van der Waals surface area contributed by atoms with Gasteiger partial charge in [-0.3, -0.25) is 10.4 Å². The predicted octanol–water partition coefficient (Wildman–Crippen LogP) is 1.51. The molecule has 4 N–H and O–H groups in total. The van der Waals surface area contributed by atoms with Crippen molar-refractivity contribution in [1.82, 2.24) is 5.23 Å². The monoisotopic (exact) mass is 383 g/mol. The van der Waals surface area contributed by atoms with E-state index in [4.69, 9.17) is 16.1 Å². The fraction of sp³-hybridized carbons (Fsp3) is 1.00. The zero-order valence-corrected chi connectivity index (χ0v) is 10.7. The van der Waals surface area contributed by atoms with Gasteiger partial charge in [-0.2, -0.15) is 0 Å². The number of nitrogens with two attached hydrogens (primary N) is 1. The molecule has 4 nitrogen and oxygen atoms in total. The molecular formula is C9H20N2O2Pt. The van der Waals surface area contributed by atoms with Crippen molar-refractivity contribution in [1.29, 1.82) is 0 Å². The molecule has 0 aromatic rings. The molecule has 14 heavy (non-hydrogen) atoms.